The highest BCUT2D eigenvalue weighted by atomic mass is 35.5. The molecule has 24 heavy (non-hydrogen) atoms. The van der Waals surface area contributed by atoms with Crippen molar-refractivity contribution in [2.24, 2.45) is 5.73 Å². The van der Waals surface area contributed by atoms with E-state index < -0.39 is 41.5 Å². The first-order chi connectivity index (χ1) is 10.7. The van der Waals surface area contributed by atoms with Crippen molar-refractivity contribution >= 4 is 28.3 Å². The van der Waals surface area contributed by atoms with Crippen LogP contribution in [0.5, 0.6) is 0 Å². The zero-order valence-electron chi connectivity index (χ0n) is 12.6. The van der Waals surface area contributed by atoms with Crippen LogP contribution < -0.4 is 15.8 Å². The van der Waals surface area contributed by atoms with Crippen LogP contribution in [-0.4, -0.2) is 39.9 Å². The van der Waals surface area contributed by atoms with Crippen molar-refractivity contribution < 1.29 is 26.7 Å². The lowest BCUT2D eigenvalue weighted by Crippen LogP contribution is -2.44. The van der Waals surface area contributed by atoms with Crippen LogP contribution in [0.15, 0.2) is 23.1 Å². The van der Waals surface area contributed by atoms with Crippen LogP contribution in [-0.2, 0) is 32.8 Å². The quantitative estimate of drug-likeness (QED) is 0.617. The van der Waals surface area contributed by atoms with Crippen molar-refractivity contribution in [3.63, 3.8) is 0 Å². The summed E-state index contributed by atoms with van der Waals surface area (Å²) in [6.07, 6.45) is 0. The van der Waals surface area contributed by atoms with Gasteiger partial charge in [-0.1, -0.05) is 6.07 Å². The van der Waals surface area contributed by atoms with Gasteiger partial charge in [-0.05, 0) is 23.3 Å². The molecule has 1 aromatic carbocycles. The summed E-state index contributed by atoms with van der Waals surface area (Å²) in [4.78, 5) is 11.4. The van der Waals surface area contributed by atoms with Crippen LogP contribution in [0.1, 0.15) is 11.1 Å². The lowest BCUT2D eigenvalue weighted by molar-refractivity contribution is -0.121. The molecule has 136 valence electrons. The second-order valence-corrected chi connectivity index (χ2v) is 6.85. The molecule has 0 saturated heterocycles. The topological polar surface area (TPSA) is 111 Å². The number of fused-ring (bicyclic) bond motifs is 1. The Morgan fingerprint density at radius 1 is 1.29 bits per heavy atom. The lowest BCUT2D eigenvalue weighted by Gasteiger charge is -2.14. The molecule has 11 heteroatoms. The number of carbonyl (C=O) groups excluding carboxylic acids is 1. The second-order valence-electron chi connectivity index (χ2n) is 5.08. The molecule has 1 aliphatic heterocycles. The van der Waals surface area contributed by atoms with Gasteiger partial charge in [0.1, 0.15) is 0 Å². The Balaban J connectivity index is 0.00000288. The Hall–Kier alpha value is -1.33. The minimum Gasteiger partial charge on any atom is -0.372 e. The fourth-order valence-electron chi connectivity index (χ4n) is 1.92. The molecule has 4 N–H and O–H groups in total. The fourth-order valence-corrected chi connectivity index (χ4v) is 2.95. The molecule has 0 bridgehead atoms. The zero-order valence-corrected chi connectivity index (χ0v) is 14.2. The van der Waals surface area contributed by atoms with Crippen molar-refractivity contribution in [1.29, 1.82) is 0 Å². The summed E-state index contributed by atoms with van der Waals surface area (Å²) in [6.45, 7) is -1.73. The molecule has 0 radical (unpaired) electrons. The highest BCUT2D eigenvalue weighted by molar-refractivity contribution is 7.89. The molecule has 0 saturated carbocycles. The monoisotopic (exact) mass is 385 g/mol. The van der Waals surface area contributed by atoms with Gasteiger partial charge >= 0.3 is 0 Å². The molecule has 0 aliphatic carbocycles. The Morgan fingerprint density at radius 2 is 1.96 bits per heavy atom. The zero-order chi connectivity index (χ0) is 17.1. The van der Waals surface area contributed by atoms with Crippen molar-refractivity contribution in [2.45, 2.75) is 24.0 Å². The Morgan fingerprint density at radius 3 is 2.62 bits per heavy atom. The number of sulfonamides is 1. The maximum Gasteiger partial charge on any atom is 0.277 e. The standard InChI is InChI=1S/C13H17F2N3O4S.ClH/c14-13(15,7-16)8-17-12(19)4-18-23(20,21)11-2-1-9-5-22-6-10(9)3-11;/h1-3,18H,4-8,16H2,(H,17,19);1H. The van der Waals surface area contributed by atoms with E-state index in [9.17, 15) is 22.0 Å². The van der Waals surface area contributed by atoms with Gasteiger partial charge in [-0.2, -0.15) is 0 Å². The van der Waals surface area contributed by atoms with E-state index in [1.807, 2.05) is 5.32 Å². The van der Waals surface area contributed by atoms with E-state index in [0.717, 1.165) is 11.1 Å². The van der Waals surface area contributed by atoms with Crippen LogP contribution in [0.3, 0.4) is 0 Å². The highest BCUT2D eigenvalue weighted by Gasteiger charge is 2.27. The number of rotatable bonds is 7. The molecule has 0 atom stereocenters. The molecule has 0 fully saturated rings. The molecule has 0 spiro atoms. The highest BCUT2D eigenvalue weighted by Crippen LogP contribution is 2.22. The average molecular weight is 386 g/mol. The van der Waals surface area contributed by atoms with Gasteiger partial charge in [0.25, 0.3) is 5.92 Å². The molecule has 1 amide bonds. The SMILES string of the molecule is Cl.NCC(F)(F)CNC(=O)CNS(=O)(=O)c1ccc2c(c1)COC2. The van der Waals surface area contributed by atoms with Gasteiger partial charge in [0, 0.05) is 0 Å². The van der Waals surface area contributed by atoms with Crippen LogP contribution in [0.4, 0.5) is 8.78 Å². The van der Waals surface area contributed by atoms with Gasteiger partial charge < -0.3 is 15.8 Å². The van der Waals surface area contributed by atoms with E-state index in [1.54, 1.807) is 6.07 Å². The lowest BCUT2D eigenvalue weighted by atomic mass is 10.1. The van der Waals surface area contributed by atoms with Gasteiger partial charge in [0.05, 0.1) is 37.7 Å². The van der Waals surface area contributed by atoms with Crippen LogP contribution in [0.2, 0.25) is 0 Å². The number of benzene rings is 1. The fraction of sp³-hybridized carbons (Fsp3) is 0.462. The second kappa shape index (κ2) is 8.17. The van der Waals surface area contributed by atoms with Gasteiger partial charge in [-0.25, -0.2) is 21.9 Å². The molecule has 1 aromatic rings. The first-order valence-corrected chi connectivity index (χ1v) is 8.26. The molecular weight excluding hydrogens is 368 g/mol. The number of carbonyl (C=O) groups is 1. The number of amides is 1. The Bertz CT molecular complexity index is 700. The van der Waals surface area contributed by atoms with E-state index in [2.05, 4.69) is 4.72 Å². The van der Waals surface area contributed by atoms with E-state index in [-0.39, 0.29) is 17.3 Å². The molecule has 1 heterocycles. The summed E-state index contributed by atoms with van der Waals surface area (Å²) < 4.78 is 57.2. The summed E-state index contributed by atoms with van der Waals surface area (Å²) in [5.74, 6) is -4.10. The third kappa shape index (κ3) is 5.35. The van der Waals surface area contributed by atoms with E-state index in [0.29, 0.717) is 13.2 Å². The molecule has 0 unspecified atom stereocenters. The number of alkyl halides is 2. The van der Waals surface area contributed by atoms with E-state index in [4.69, 9.17) is 10.5 Å². The smallest absolute Gasteiger partial charge is 0.277 e. The predicted octanol–water partition coefficient (Wildman–Crippen LogP) is 0.127. The summed E-state index contributed by atoms with van der Waals surface area (Å²) >= 11 is 0. The normalized spacial score (nSPS) is 14.0. The third-order valence-electron chi connectivity index (χ3n) is 3.27. The van der Waals surface area contributed by atoms with Gasteiger partial charge in [-0.3, -0.25) is 4.79 Å². The van der Waals surface area contributed by atoms with Crippen LogP contribution >= 0.6 is 12.4 Å². The molecular formula is C13H18ClF2N3O4S. The maximum atomic E-state index is 12.9. The van der Waals surface area contributed by atoms with Crippen molar-refractivity contribution in [3.8, 4) is 0 Å². The Labute approximate surface area is 144 Å². The van der Waals surface area contributed by atoms with Gasteiger partial charge in [0.2, 0.25) is 15.9 Å². The van der Waals surface area contributed by atoms with Crippen molar-refractivity contribution in [2.75, 3.05) is 19.6 Å². The number of hydrogen-bond acceptors (Lipinski definition) is 5. The Kier molecular flexibility index (Phi) is 7.05. The van der Waals surface area contributed by atoms with Crippen LogP contribution in [0.25, 0.3) is 0 Å². The largest absolute Gasteiger partial charge is 0.372 e. The van der Waals surface area contributed by atoms with Crippen molar-refractivity contribution in [3.05, 3.63) is 29.3 Å². The van der Waals surface area contributed by atoms with E-state index in [1.165, 1.54) is 12.1 Å². The summed E-state index contributed by atoms with van der Waals surface area (Å²) in [7, 11) is -3.91. The van der Waals surface area contributed by atoms with Gasteiger partial charge in [-0.15, -0.1) is 12.4 Å². The molecule has 1 aliphatic rings. The molecule has 0 aromatic heterocycles. The number of hydrogen-bond donors (Lipinski definition) is 3. The van der Waals surface area contributed by atoms with E-state index >= 15 is 0 Å². The third-order valence-corrected chi connectivity index (χ3v) is 4.67. The number of halogens is 3. The molecule has 7 nitrogen and oxygen atoms in total. The van der Waals surface area contributed by atoms with Crippen molar-refractivity contribution in [1.82, 2.24) is 10.0 Å². The molecule has 2 rings (SSSR count). The minimum absolute atomic E-state index is 0. The summed E-state index contributed by atoms with van der Waals surface area (Å²) in [5.41, 5.74) is 6.51. The number of nitrogens with two attached hydrogens (primary N) is 1. The predicted molar refractivity (Wildman–Crippen MR) is 84.4 cm³/mol. The minimum atomic E-state index is -3.91. The first-order valence-electron chi connectivity index (χ1n) is 6.77. The van der Waals surface area contributed by atoms with Gasteiger partial charge in [0.15, 0.2) is 0 Å². The number of nitrogens with one attached hydrogen (secondary N) is 2. The van der Waals surface area contributed by atoms with Crippen LogP contribution in [0, 0.1) is 0 Å². The summed E-state index contributed by atoms with van der Waals surface area (Å²) in [6, 6.07) is 4.50. The number of ether oxygens (including phenoxy) is 1. The maximum absolute atomic E-state index is 12.9. The average Bonchev–Trinajstić information content (AvgIpc) is 2.98. The first kappa shape index (κ1) is 20.7. The summed E-state index contributed by atoms with van der Waals surface area (Å²) in [5, 5.41) is 1.92.